The summed E-state index contributed by atoms with van der Waals surface area (Å²) >= 11 is 1.11. The molecule has 2 rings (SSSR count). The van der Waals surface area contributed by atoms with Gasteiger partial charge in [-0.1, -0.05) is 13.0 Å². The van der Waals surface area contributed by atoms with Gasteiger partial charge in [-0.05, 0) is 24.8 Å². The first-order valence-corrected chi connectivity index (χ1v) is 8.61. The molecule has 1 aliphatic rings. The number of thioether (sulfide) groups is 1. The van der Waals surface area contributed by atoms with Crippen LogP contribution in [0.25, 0.3) is 4.85 Å². The van der Waals surface area contributed by atoms with Crippen molar-refractivity contribution in [2.45, 2.75) is 38.2 Å². The number of nitrogens with zero attached hydrogens (tertiary/aromatic N) is 3. The van der Waals surface area contributed by atoms with Crippen LogP contribution in [0.1, 0.15) is 25.8 Å². The van der Waals surface area contributed by atoms with Crippen molar-refractivity contribution in [1.29, 1.82) is 0 Å². The Hall–Kier alpha value is -2.22. The van der Waals surface area contributed by atoms with Gasteiger partial charge < -0.3 is 0 Å². The molecule has 0 aromatic heterocycles. The Kier molecular flexibility index (Phi) is 5.79. The van der Waals surface area contributed by atoms with E-state index in [4.69, 9.17) is 6.57 Å². The number of halogens is 6. The van der Waals surface area contributed by atoms with Gasteiger partial charge >= 0.3 is 12.4 Å². The molecule has 1 aromatic carbocycles. The fourth-order valence-electron chi connectivity index (χ4n) is 2.38. The molecule has 0 spiro atoms. The summed E-state index contributed by atoms with van der Waals surface area (Å²) in [6.07, 6.45) is -9.84. The van der Waals surface area contributed by atoms with Crippen molar-refractivity contribution in [1.82, 2.24) is 5.43 Å². The average Bonchev–Trinajstić information content (AvgIpc) is 2.97. The van der Waals surface area contributed by atoms with Crippen molar-refractivity contribution in [3.63, 3.8) is 0 Å². The largest absolute Gasteiger partial charge is 0.431 e. The standard InChI is InChI=1S/C16H14F6N4S/c1-4-27-13(14(2)8-12(25-26-14)16(20,21)22)24-9-5-6-11(23-3)10(7-9)15(17,18)19/h5-7,26H,4,8H2,1-2H3/b24-13-/t14-/m1/s1. The molecule has 1 N–H and O–H groups in total. The summed E-state index contributed by atoms with van der Waals surface area (Å²) in [5, 5.41) is 3.49. The van der Waals surface area contributed by atoms with Gasteiger partial charge in [-0.2, -0.15) is 31.4 Å². The monoisotopic (exact) mass is 408 g/mol. The second kappa shape index (κ2) is 7.42. The lowest BCUT2D eigenvalue weighted by molar-refractivity contribution is -0.136. The molecule has 1 heterocycles. The quantitative estimate of drug-likeness (QED) is 0.301. The Labute approximate surface area is 155 Å². The predicted molar refractivity (Wildman–Crippen MR) is 92.6 cm³/mol. The van der Waals surface area contributed by atoms with Crippen molar-refractivity contribution < 1.29 is 26.3 Å². The third-order valence-electron chi connectivity index (χ3n) is 3.68. The van der Waals surface area contributed by atoms with Gasteiger partial charge in [0.1, 0.15) is 16.3 Å². The highest BCUT2D eigenvalue weighted by atomic mass is 32.2. The third-order valence-corrected chi connectivity index (χ3v) is 4.78. The van der Waals surface area contributed by atoms with Crippen LogP contribution in [0.15, 0.2) is 28.3 Å². The summed E-state index contributed by atoms with van der Waals surface area (Å²) in [4.78, 5) is 6.98. The summed E-state index contributed by atoms with van der Waals surface area (Å²) in [6, 6.07) is 2.93. The molecule has 1 aliphatic heterocycles. The number of hydrogen-bond acceptors (Lipinski definition) is 4. The molecule has 0 bridgehead atoms. The van der Waals surface area contributed by atoms with Crippen LogP contribution >= 0.6 is 11.8 Å². The van der Waals surface area contributed by atoms with E-state index >= 15 is 0 Å². The van der Waals surface area contributed by atoms with E-state index in [1.807, 2.05) is 0 Å². The highest BCUT2D eigenvalue weighted by molar-refractivity contribution is 8.14. The molecule has 11 heteroatoms. The number of benzene rings is 1. The molecular weight excluding hydrogens is 394 g/mol. The molecule has 0 unspecified atom stereocenters. The number of nitrogens with one attached hydrogen (secondary N) is 1. The first-order valence-electron chi connectivity index (χ1n) is 7.62. The van der Waals surface area contributed by atoms with E-state index in [2.05, 4.69) is 20.4 Å². The molecule has 0 saturated carbocycles. The molecule has 0 amide bonds. The predicted octanol–water partition coefficient (Wildman–Crippen LogP) is 5.71. The minimum Gasteiger partial charge on any atom is -0.297 e. The number of rotatable bonds is 3. The third kappa shape index (κ3) is 4.74. The summed E-state index contributed by atoms with van der Waals surface area (Å²) < 4.78 is 78.0. The number of alkyl halides is 6. The van der Waals surface area contributed by atoms with Crippen molar-refractivity contribution in [3.8, 4) is 0 Å². The lowest BCUT2D eigenvalue weighted by Crippen LogP contribution is -2.43. The molecule has 0 saturated heterocycles. The normalized spacial score (nSPS) is 20.9. The molecule has 0 fully saturated rings. The minimum atomic E-state index is -4.74. The topological polar surface area (TPSA) is 41.1 Å². The van der Waals surface area contributed by atoms with E-state index in [0.29, 0.717) is 11.8 Å². The first-order chi connectivity index (χ1) is 12.4. The molecule has 4 nitrogen and oxygen atoms in total. The van der Waals surface area contributed by atoms with Gasteiger partial charge in [0.25, 0.3) is 0 Å². The van der Waals surface area contributed by atoms with Gasteiger partial charge in [0.05, 0.1) is 17.8 Å². The van der Waals surface area contributed by atoms with E-state index in [1.54, 1.807) is 6.92 Å². The average molecular weight is 408 g/mol. The van der Waals surface area contributed by atoms with Gasteiger partial charge in [-0.25, -0.2) is 9.84 Å². The Bertz CT molecular complexity index is 822. The molecule has 0 aliphatic carbocycles. The van der Waals surface area contributed by atoms with Crippen LogP contribution in [0, 0.1) is 6.57 Å². The summed E-state index contributed by atoms with van der Waals surface area (Å²) in [6.45, 7) is 10.0. The lowest BCUT2D eigenvalue weighted by Gasteiger charge is -2.25. The van der Waals surface area contributed by atoms with E-state index in [1.165, 1.54) is 13.0 Å². The first kappa shape index (κ1) is 21.1. The Balaban J connectivity index is 2.44. The lowest BCUT2D eigenvalue weighted by atomic mass is 9.98. The van der Waals surface area contributed by atoms with Crippen molar-refractivity contribution >= 4 is 33.9 Å². The minimum absolute atomic E-state index is 0.103. The molecule has 1 atom stereocenters. The zero-order valence-corrected chi connectivity index (χ0v) is 15.0. The Morgan fingerprint density at radius 1 is 1.30 bits per heavy atom. The van der Waals surface area contributed by atoms with Gasteiger partial charge in [-0.15, -0.1) is 11.8 Å². The van der Waals surface area contributed by atoms with E-state index in [-0.39, 0.29) is 10.7 Å². The number of aliphatic imine (C=N–C) groups is 1. The van der Waals surface area contributed by atoms with Crippen LogP contribution in [0.4, 0.5) is 37.7 Å². The van der Waals surface area contributed by atoms with Crippen LogP contribution in [-0.4, -0.2) is 28.2 Å². The van der Waals surface area contributed by atoms with Crippen LogP contribution < -0.4 is 5.43 Å². The van der Waals surface area contributed by atoms with Gasteiger partial charge in [0.15, 0.2) is 5.69 Å². The van der Waals surface area contributed by atoms with Crippen LogP contribution in [0.5, 0.6) is 0 Å². The molecule has 27 heavy (non-hydrogen) atoms. The second-order valence-electron chi connectivity index (χ2n) is 5.84. The van der Waals surface area contributed by atoms with Gasteiger partial charge in [0, 0.05) is 6.42 Å². The van der Waals surface area contributed by atoms with Crippen molar-refractivity contribution in [2.24, 2.45) is 10.1 Å². The molecular formula is C16H14F6N4S. The van der Waals surface area contributed by atoms with Crippen LogP contribution in [-0.2, 0) is 6.18 Å². The number of hydrogen-bond donors (Lipinski definition) is 1. The Morgan fingerprint density at radius 2 is 1.96 bits per heavy atom. The van der Waals surface area contributed by atoms with E-state index in [0.717, 1.165) is 17.8 Å². The fraction of sp³-hybridized carbons (Fsp3) is 0.438. The number of hydrazone groups is 1. The summed E-state index contributed by atoms with van der Waals surface area (Å²) in [5.74, 6) is 0.448. The van der Waals surface area contributed by atoms with Crippen molar-refractivity contribution in [3.05, 3.63) is 35.2 Å². The van der Waals surface area contributed by atoms with E-state index < -0.39 is 41.3 Å². The second-order valence-corrected chi connectivity index (χ2v) is 7.09. The smallest absolute Gasteiger partial charge is 0.297 e. The summed E-state index contributed by atoms with van der Waals surface area (Å²) in [7, 11) is 0. The van der Waals surface area contributed by atoms with Crippen molar-refractivity contribution in [2.75, 3.05) is 5.75 Å². The van der Waals surface area contributed by atoms with Crippen LogP contribution in [0.3, 0.4) is 0 Å². The maximum atomic E-state index is 13.1. The zero-order chi connectivity index (χ0) is 20.5. The van der Waals surface area contributed by atoms with Crippen LogP contribution in [0.2, 0.25) is 0 Å². The zero-order valence-electron chi connectivity index (χ0n) is 14.2. The maximum Gasteiger partial charge on any atom is 0.431 e. The molecule has 146 valence electrons. The van der Waals surface area contributed by atoms with E-state index in [9.17, 15) is 26.3 Å². The Morgan fingerprint density at radius 3 is 2.44 bits per heavy atom. The molecule has 1 aromatic rings. The highest BCUT2D eigenvalue weighted by Gasteiger charge is 2.47. The summed E-state index contributed by atoms with van der Waals surface area (Å²) in [5.41, 5.74) is -1.70. The highest BCUT2D eigenvalue weighted by Crippen LogP contribution is 2.39. The molecule has 0 radical (unpaired) electrons. The SMILES string of the molecule is [C-]#[N+]c1ccc(/N=C(\SCC)[C@@]2(C)CC(C(F)(F)F)=NN2)cc1C(F)(F)F. The maximum absolute atomic E-state index is 13.1. The van der Waals surface area contributed by atoms with Gasteiger partial charge in [0.2, 0.25) is 0 Å². The van der Waals surface area contributed by atoms with Gasteiger partial charge in [-0.3, -0.25) is 5.43 Å². The fourth-order valence-corrected chi connectivity index (χ4v) is 3.26.